The number of aliphatic hydroxyl groups is 1. The Morgan fingerprint density at radius 3 is 2.79 bits per heavy atom. The van der Waals surface area contributed by atoms with Crippen LogP contribution in [0.15, 0.2) is 42.5 Å². The molecule has 0 spiro atoms. The van der Waals surface area contributed by atoms with E-state index in [4.69, 9.17) is 10.5 Å². The Morgan fingerprint density at radius 1 is 1.16 bits per heavy atom. The summed E-state index contributed by atoms with van der Waals surface area (Å²) in [4.78, 5) is 0. The summed E-state index contributed by atoms with van der Waals surface area (Å²) in [6.07, 6.45) is -0.537. The molecule has 0 aromatic heterocycles. The van der Waals surface area contributed by atoms with Crippen LogP contribution in [0, 0.1) is 0 Å². The fourth-order valence-corrected chi connectivity index (χ4v) is 1.94. The van der Waals surface area contributed by atoms with Gasteiger partial charge in [-0.2, -0.15) is 0 Å². The molecule has 0 aliphatic carbocycles. The molecule has 0 saturated carbocycles. The Bertz CT molecular complexity index is 511. The molecule has 2 rings (SSSR count). The van der Waals surface area contributed by atoms with E-state index in [1.165, 1.54) is 0 Å². The number of hydrogen-bond acceptors (Lipinski definition) is 4. The van der Waals surface area contributed by atoms with E-state index in [1.807, 2.05) is 42.5 Å². The van der Waals surface area contributed by atoms with E-state index in [0.717, 1.165) is 16.5 Å². The van der Waals surface area contributed by atoms with E-state index in [1.54, 1.807) is 0 Å². The van der Waals surface area contributed by atoms with E-state index in [-0.39, 0.29) is 6.61 Å². The maximum Gasteiger partial charge on any atom is 0.127 e. The predicted molar refractivity (Wildman–Crippen MR) is 77.4 cm³/mol. The van der Waals surface area contributed by atoms with Crippen molar-refractivity contribution in [2.45, 2.75) is 6.10 Å². The van der Waals surface area contributed by atoms with Crippen LogP contribution < -0.4 is 15.8 Å². The first-order valence-corrected chi connectivity index (χ1v) is 6.50. The third kappa shape index (κ3) is 3.92. The number of nitrogens with two attached hydrogens (primary N) is 1. The Hall–Kier alpha value is -1.62. The molecule has 4 heteroatoms. The molecule has 1 atom stereocenters. The van der Waals surface area contributed by atoms with Gasteiger partial charge in [0.15, 0.2) is 0 Å². The van der Waals surface area contributed by atoms with Crippen molar-refractivity contribution < 1.29 is 9.84 Å². The van der Waals surface area contributed by atoms with Crippen LogP contribution in [0.1, 0.15) is 0 Å². The van der Waals surface area contributed by atoms with Crippen molar-refractivity contribution in [3.05, 3.63) is 42.5 Å². The van der Waals surface area contributed by atoms with Crippen molar-refractivity contribution in [1.82, 2.24) is 5.32 Å². The summed E-state index contributed by atoms with van der Waals surface area (Å²) in [6, 6.07) is 14.0. The van der Waals surface area contributed by atoms with Gasteiger partial charge in [-0.05, 0) is 11.5 Å². The van der Waals surface area contributed by atoms with E-state index in [9.17, 15) is 5.11 Å². The summed E-state index contributed by atoms with van der Waals surface area (Å²) < 4.78 is 5.69. The smallest absolute Gasteiger partial charge is 0.127 e. The van der Waals surface area contributed by atoms with Crippen molar-refractivity contribution in [3.63, 3.8) is 0 Å². The minimum atomic E-state index is -0.537. The average molecular weight is 260 g/mol. The minimum Gasteiger partial charge on any atom is -0.490 e. The highest BCUT2D eigenvalue weighted by molar-refractivity contribution is 5.88. The van der Waals surface area contributed by atoms with Gasteiger partial charge in [-0.15, -0.1) is 0 Å². The molecule has 19 heavy (non-hydrogen) atoms. The lowest BCUT2D eigenvalue weighted by molar-refractivity contribution is 0.107. The highest BCUT2D eigenvalue weighted by Gasteiger charge is 2.06. The molecule has 0 saturated heterocycles. The monoisotopic (exact) mass is 260 g/mol. The number of rotatable bonds is 7. The van der Waals surface area contributed by atoms with Crippen molar-refractivity contribution >= 4 is 10.8 Å². The summed E-state index contributed by atoms with van der Waals surface area (Å²) in [6.45, 7) is 2.02. The standard InChI is InChI=1S/C15H20N2O2/c16-8-9-17-10-13(18)11-19-15-7-3-5-12-4-1-2-6-14(12)15/h1-7,13,17-18H,8-11,16H2/t13-/m1/s1. The highest BCUT2D eigenvalue weighted by atomic mass is 16.5. The first kappa shape index (κ1) is 13.8. The van der Waals surface area contributed by atoms with Crippen LogP contribution in [-0.4, -0.2) is 37.5 Å². The average Bonchev–Trinajstić information content (AvgIpc) is 2.45. The van der Waals surface area contributed by atoms with Gasteiger partial charge in [-0.1, -0.05) is 36.4 Å². The Kier molecular flexibility index (Phi) is 5.15. The lowest BCUT2D eigenvalue weighted by atomic mass is 10.1. The van der Waals surface area contributed by atoms with E-state index in [2.05, 4.69) is 5.32 Å². The van der Waals surface area contributed by atoms with E-state index < -0.39 is 6.10 Å². The molecule has 0 radical (unpaired) electrons. The Morgan fingerprint density at radius 2 is 1.95 bits per heavy atom. The predicted octanol–water partition coefficient (Wildman–Crippen LogP) is 1.13. The highest BCUT2D eigenvalue weighted by Crippen LogP contribution is 2.25. The van der Waals surface area contributed by atoms with E-state index >= 15 is 0 Å². The molecule has 4 nitrogen and oxygen atoms in total. The van der Waals surface area contributed by atoms with Crippen LogP contribution in [0.5, 0.6) is 5.75 Å². The topological polar surface area (TPSA) is 67.5 Å². The maximum absolute atomic E-state index is 9.78. The fraction of sp³-hybridized carbons (Fsp3) is 0.333. The number of ether oxygens (including phenoxy) is 1. The third-order valence-electron chi connectivity index (χ3n) is 2.88. The Labute approximate surface area is 113 Å². The number of nitrogens with one attached hydrogen (secondary N) is 1. The second-order valence-electron chi connectivity index (χ2n) is 4.43. The SMILES string of the molecule is NCCNC[C@@H](O)COc1cccc2ccccc12. The molecular formula is C15H20N2O2. The molecule has 4 N–H and O–H groups in total. The van der Waals surface area contributed by atoms with Crippen LogP contribution >= 0.6 is 0 Å². The van der Waals surface area contributed by atoms with Crippen molar-refractivity contribution in [1.29, 1.82) is 0 Å². The van der Waals surface area contributed by atoms with Gasteiger partial charge in [0.25, 0.3) is 0 Å². The van der Waals surface area contributed by atoms with Gasteiger partial charge < -0.3 is 20.9 Å². The first-order valence-electron chi connectivity index (χ1n) is 6.50. The molecule has 0 aliphatic heterocycles. The summed E-state index contributed by atoms with van der Waals surface area (Å²) in [7, 11) is 0. The summed E-state index contributed by atoms with van der Waals surface area (Å²) in [5, 5.41) is 15.0. The molecular weight excluding hydrogens is 240 g/mol. The van der Waals surface area contributed by atoms with Crippen molar-refractivity contribution in [2.24, 2.45) is 5.73 Å². The van der Waals surface area contributed by atoms with Crippen LogP contribution in [-0.2, 0) is 0 Å². The minimum absolute atomic E-state index is 0.269. The molecule has 102 valence electrons. The molecule has 0 amide bonds. The van der Waals surface area contributed by atoms with Crippen molar-refractivity contribution in [3.8, 4) is 5.75 Å². The number of aliphatic hydroxyl groups excluding tert-OH is 1. The number of benzene rings is 2. The molecule has 0 unspecified atom stereocenters. The zero-order valence-electron chi connectivity index (χ0n) is 10.9. The first-order chi connectivity index (χ1) is 9.31. The number of hydrogen-bond donors (Lipinski definition) is 3. The molecule has 2 aromatic carbocycles. The van der Waals surface area contributed by atoms with Crippen LogP contribution in [0.3, 0.4) is 0 Å². The largest absolute Gasteiger partial charge is 0.490 e. The normalized spacial score (nSPS) is 12.5. The second-order valence-corrected chi connectivity index (χ2v) is 4.43. The zero-order valence-corrected chi connectivity index (χ0v) is 10.9. The van der Waals surface area contributed by atoms with Crippen LogP contribution in [0.2, 0.25) is 0 Å². The van der Waals surface area contributed by atoms with E-state index in [0.29, 0.717) is 19.6 Å². The van der Waals surface area contributed by atoms with Gasteiger partial charge in [0.2, 0.25) is 0 Å². The van der Waals surface area contributed by atoms with Crippen molar-refractivity contribution in [2.75, 3.05) is 26.2 Å². The van der Waals surface area contributed by atoms with Gasteiger partial charge in [0.05, 0.1) is 0 Å². The van der Waals surface area contributed by atoms with Gasteiger partial charge in [0.1, 0.15) is 18.5 Å². The fourth-order valence-electron chi connectivity index (χ4n) is 1.94. The molecule has 0 fully saturated rings. The summed E-state index contributed by atoms with van der Waals surface area (Å²) >= 11 is 0. The lowest BCUT2D eigenvalue weighted by Crippen LogP contribution is -2.34. The number of fused-ring (bicyclic) bond motifs is 1. The zero-order chi connectivity index (χ0) is 13.5. The van der Waals surface area contributed by atoms with Gasteiger partial charge in [0, 0.05) is 25.0 Å². The Balaban J connectivity index is 1.94. The molecule has 0 bridgehead atoms. The third-order valence-corrected chi connectivity index (χ3v) is 2.88. The van der Waals surface area contributed by atoms with Gasteiger partial charge in [-0.25, -0.2) is 0 Å². The second kappa shape index (κ2) is 7.09. The van der Waals surface area contributed by atoms with Crippen LogP contribution in [0.4, 0.5) is 0 Å². The summed E-state index contributed by atoms with van der Waals surface area (Å²) in [5.74, 6) is 0.802. The maximum atomic E-state index is 9.78. The molecule has 0 heterocycles. The lowest BCUT2D eigenvalue weighted by Gasteiger charge is -2.14. The molecule has 0 aliphatic rings. The summed E-state index contributed by atoms with van der Waals surface area (Å²) in [5.41, 5.74) is 5.37. The van der Waals surface area contributed by atoms with Gasteiger partial charge in [-0.3, -0.25) is 0 Å². The van der Waals surface area contributed by atoms with Crippen LogP contribution in [0.25, 0.3) is 10.8 Å². The van der Waals surface area contributed by atoms with Gasteiger partial charge >= 0.3 is 0 Å². The quantitative estimate of drug-likeness (QED) is 0.653. The molecule has 2 aromatic rings.